The molecule has 306 valence electrons. The molecule has 13 heteroatoms. The number of aliphatic hydroxyl groups is 1. The third-order valence-corrected chi connectivity index (χ3v) is 10.8. The number of hydrogen-bond acceptors (Lipinski definition) is 10. The number of nitro benzene ring substituents is 1. The van der Waals surface area contributed by atoms with Crippen LogP contribution in [0.15, 0.2) is 127 Å². The maximum atomic E-state index is 12.9. The number of hydrogen-bond donors (Lipinski definition) is 3. The molecule has 2 aliphatic heterocycles. The minimum atomic E-state index is -0.825. The van der Waals surface area contributed by atoms with Gasteiger partial charge in [-0.1, -0.05) is 97.1 Å². The molecule has 59 heavy (non-hydrogen) atoms. The van der Waals surface area contributed by atoms with Crippen LogP contribution in [0.2, 0.25) is 0 Å². The van der Waals surface area contributed by atoms with E-state index in [2.05, 4.69) is 20.4 Å². The lowest BCUT2D eigenvalue weighted by molar-refractivity contribution is -0.384. The van der Waals surface area contributed by atoms with Crippen molar-refractivity contribution in [3.05, 3.63) is 165 Å². The number of nitro groups is 1. The first-order chi connectivity index (χ1) is 28.7. The van der Waals surface area contributed by atoms with Gasteiger partial charge in [-0.15, -0.1) is 0 Å². The summed E-state index contributed by atoms with van der Waals surface area (Å²) in [5, 5.41) is 26.3. The summed E-state index contributed by atoms with van der Waals surface area (Å²) in [6.07, 6.45) is 0.0642. The molecule has 3 N–H and O–H groups in total. The van der Waals surface area contributed by atoms with Crippen molar-refractivity contribution in [3.63, 3.8) is 0 Å². The van der Waals surface area contributed by atoms with Gasteiger partial charge < -0.3 is 34.9 Å². The number of methoxy groups -OCH3 is 1. The Balaban J connectivity index is 0.983. The fourth-order valence-corrected chi connectivity index (χ4v) is 7.57. The van der Waals surface area contributed by atoms with Crippen LogP contribution in [0.3, 0.4) is 0 Å². The Hall–Kier alpha value is -6.12. The average Bonchev–Trinajstić information content (AvgIpc) is 3.28. The summed E-state index contributed by atoms with van der Waals surface area (Å²) >= 11 is 0. The largest absolute Gasteiger partial charge is 0.467 e. The van der Waals surface area contributed by atoms with Crippen LogP contribution < -0.4 is 15.5 Å². The first kappa shape index (κ1) is 41.1. The Morgan fingerprint density at radius 1 is 0.814 bits per heavy atom. The van der Waals surface area contributed by atoms with Crippen molar-refractivity contribution in [1.29, 1.82) is 0 Å². The molecular formula is C46H49N5O8. The number of anilines is 1. The molecule has 0 spiro atoms. The Bertz CT molecular complexity index is 2160. The van der Waals surface area contributed by atoms with Crippen molar-refractivity contribution in [3.8, 4) is 11.1 Å². The quantitative estimate of drug-likeness (QED) is 0.0628. The Morgan fingerprint density at radius 2 is 1.51 bits per heavy atom. The second-order valence-electron chi connectivity index (χ2n) is 14.8. The van der Waals surface area contributed by atoms with Crippen LogP contribution in [0.4, 0.5) is 16.2 Å². The van der Waals surface area contributed by atoms with Gasteiger partial charge in [-0.2, -0.15) is 0 Å². The maximum Gasteiger partial charge on any atom is 0.328 e. The maximum absolute atomic E-state index is 12.9. The van der Waals surface area contributed by atoms with Gasteiger partial charge >= 0.3 is 12.0 Å². The smallest absolute Gasteiger partial charge is 0.328 e. The fourth-order valence-electron chi connectivity index (χ4n) is 7.57. The summed E-state index contributed by atoms with van der Waals surface area (Å²) in [7, 11) is 1.30. The van der Waals surface area contributed by atoms with E-state index < -0.39 is 24.3 Å². The first-order valence-electron chi connectivity index (χ1n) is 19.8. The lowest BCUT2D eigenvalue weighted by Crippen LogP contribution is -2.49. The molecule has 5 aromatic carbocycles. The molecule has 2 fully saturated rings. The number of aliphatic hydroxyl groups excluding tert-OH is 1. The van der Waals surface area contributed by atoms with Crippen LogP contribution >= 0.6 is 0 Å². The number of piperazine rings is 1. The summed E-state index contributed by atoms with van der Waals surface area (Å²) in [5.41, 5.74) is 7.58. The molecule has 5 aromatic rings. The predicted molar refractivity (Wildman–Crippen MR) is 223 cm³/mol. The van der Waals surface area contributed by atoms with Gasteiger partial charge in [0.05, 0.1) is 30.8 Å². The third kappa shape index (κ3) is 10.9. The van der Waals surface area contributed by atoms with Gasteiger partial charge in [0, 0.05) is 75.5 Å². The predicted octanol–water partition coefficient (Wildman–Crippen LogP) is 6.71. The summed E-state index contributed by atoms with van der Waals surface area (Å²) in [4.78, 5) is 40.7. The number of carbonyl (C=O) groups excluding carboxylic acids is 2. The standard InChI is InChI=1S/C46H49N5O8/c1-57-44(53)42(27-32-6-3-2-4-7-32)48-46(54)47-29-34-8-5-9-38(26-34)35-14-16-37(17-15-35)45-58-41(28-43(59-45)36-12-10-33(31-52)11-13-36)30-49-22-24-50(25-23-49)39-18-20-40(21-19-39)51(55)56/h2-21,26,41-43,45,52H,22-25,27-31H2,1H3,(H2,47,48,54)/t41-,42-,43+,45+/m0/s1. The number of non-ortho nitro benzene ring substituents is 1. The Morgan fingerprint density at radius 3 is 2.19 bits per heavy atom. The van der Waals surface area contributed by atoms with Gasteiger partial charge in [-0.3, -0.25) is 15.0 Å². The second kappa shape index (κ2) is 19.6. The van der Waals surface area contributed by atoms with E-state index in [-0.39, 0.29) is 36.0 Å². The highest BCUT2D eigenvalue weighted by atomic mass is 16.7. The lowest BCUT2D eigenvalue weighted by Gasteiger charge is -2.41. The number of esters is 1. The Labute approximate surface area is 343 Å². The Kier molecular flexibility index (Phi) is 13.6. The van der Waals surface area contributed by atoms with E-state index in [1.54, 1.807) is 12.1 Å². The van der Waals surface area contributed by atoms with E-state index in [4.69, 9.17) is 14.2 Å². The van der Waals surface area contributed by atoms with E-state index in [0.29, 0.717) is 12.8 Å². The van der Waals surface area contributed by atoms with Gasteiger partial charge in [0.1, 0.15) is 6.04 Å². The van der Waals surface area contributed by atoms with Crippen LogP contribution in [0.25, 0.3) is 11.1 Å². The number of nitrogens with zero attached hydrogens (tertiary/aromatic N) is 3. The van der Waals surface area contributed by atoms with Crippen molar-refractivity contribution < 1.29 is 33.8 Å². The van der Waals surface area contributed by atoms with E-state index in [9.17, 15) is 24.8 Å². The number of urea groups is 1. The highest BCUT2D eigenvalue weighted by Crippen LogP contribution is 2.39. The molecule has 0 saturated carbocycles. The molecule has 2 heterocycles. The number of amides is 2. The molecule has 4 atom stereocenters. The minimum Gasteiger partial charge on any atom is -0.467 e. The van der Waals surface area contributed by atoms with Crippen molar-refractivity contribution in [2.45, 2.75) is 50.5 Å². The van der Waals surface area contributed by atoms with Crippen LogP contribution in [-0.4, -0.2) is 78.9 Å². The molecule has 2 aliphatic rings. The number of carbonyl (C=O) groups is 2. The SMILES string of the molecule is COC(=O)[C@H](Cc1ccccc1)NC(=O)NCc1cccc(-c2ccc([C@@H]3O[C@H](CN4CCN(c5ccc([N+](=O)[O-])cc5)CC4)C[C@H](c4ccc(CO)cc4)O3)cc2)c1. The number of ether oxygens (including phenoxy) is 3. The molecule has 0 aromatic heterocycles. The van der Waals surface area contributed by atoms with Crippen LogP contribution in [-0.2, 0) is 38.6 Å². The molecule has 0 radical (unpaired) electrons. The van der Waals surface area contributed by atoms with Crippen molar-refractivity contribution in [2.24, 2.45) is 0 Å². The molecule has 2 saturated heterocycles. The van der Waals surface area contributed by atoms with Gasteiger partial charge in [0.2, 0.25) is 0 Å². The van der Waals surface area contributed by atoms with Crippen molar-refractivity contribution >= 4 is 23.4 Å². The fraction of sp³-hybridized carbons (Fsp3) is 0.304. The van der Waals surface area contributed by atoms with Gasteiger partial charge in [0.25, 0.3) is 5.69 Å². The average molecular weight is 800 g/mol. The zero-order chi connectivity index (χ0) is 41.1. The molecule has 7 rings (SSSR count). The van der Waals surface area contributed by atoms with Crippen molar-refractivity contribution in [1.82, 2.24) is 15.5 Å². The van der Waals surface area contributed by atoms with E-state index >= 15 is 0 Å². The highest BCUT2D eigenvalue weighted by molar-refractivity contribution is 5.83. The van der Waals surface area contributed by atoms with Crippen LogP contribution in [0.5, 0.6) is 0 Å². The summed E-state index contributed by atoms with van der Waals surface area (Å²) in [5.74, 6) is -0.516. The zero-order valence-electron chi connectivity index (χ0n) is 32.9. The number of rotatable bonds is 14. The van der Waals surface area contributed by atoms with E-state index in [1.807, 2.05) is 115 Å². The van der Waals surface area contributed by atoms with Gasteiger partial charge in [0.15, 0.2) is 6.29 Å². The molecule has 2 amide bonds. The topological polar surface area (TPSA) is 156 Å². The molecule has 13 nitrogen and oxygen atoms in total. The van der Waals surface area contributed by atoms with Crippen molar-refractivity contribution in [2.75, 3.05) is 44.7 Å². The molecule has 0 unspecified atom stereocenters. The molecule has 0 bridgehead atoms. The number of nitrogens with one attached hydrogen (secondary N) is 2. The zero-order valence-corrected chi connectivity index (χ0v) is 32.9. The normalized spacial score (nSPS) is 18.7. The van der Waals surface area contributed by atoms with Crippen LogP contribution in [0, 0.1) is 10.1 Å². The third-order valence-electron chi connectivity index (χ3n) is 10.8. The molecular weight excluding hydrogens is 751 g/mol. The van der Waals surface area contributed by atoms with Crippen LogP contribution in [0.1, 0.15) is 46.6 Å². The number of benzene rings is 5. The monoisotopic (exact) mass is 799 g/mol. The van der Waals surface area contributed by atoms with E-state index in [0.717, 1.165) is 77.4 Å². The summed E-state index contributed by atoms with van der Waals surface area (Å²) < 4.78 is 18.2. The van der Waals surface area contributed by atoms with Gasteiger partial charge in [-0.25, -0.2) is 9.59 Å². The van der Waals surface area contributed by atoms with E-state index in [1.165, 1.54) is 7.11 Å². The summed E-state index contributed by atoms with van der Waals surface area (Å²) in [6.45, 7) is 4.21. The summed E-state index contributed by atoms with van der Waals surface area (Å²) in [6, 6.07) is 38.8. The minimum absolute atomic E-state index is 0.0280. The molecule has 0 aliphatic carbocycles. The van der Waals surface area contributed by atoms with Gasteiger partial charge in [-0.05, 0) is 51.6 Å². The second-order valence-corrected chi connectivity index (χ2v) is 14.8. The highest BCUT2D eigenvalue weighted by Gasteiger charge is 2.34. The lowest BCUT2D eigenvalue weighted by atomic mass is 9.98. The first-order valence-corrected chi connectivity index (χ1v) is 19.8.